The maximum absolute atomic E-state index is 8.59. The van der Waals surface area contributed by atoms with Gasteiger partial charge in [-0.2, -0.15) is 0 Å². The van der Waals surface area contributed by atoms with Gasteiger partial charge in [0.05, 0.1) is 13.2 Å². The average molecular weight is 222 g/mol. The molecule has 1 rings (SSSR count). The van der Waals surface area contributed by atoms with Crippen molar-refractivity contribution in [3.63, 3.8) is 0 Å². The molecule has 3 nitrogen and oxygen atoms in total. The largest absolute Gasteiger partial charge is 0.494 e. The zero-order valence-corrected chi connectivity index (χ0v) is 9.39. The van der Waals surface area contributed by atoms with Crippen LogP contribution in [-0.2, 0) is 0 Å². The van der Waals surface area contributed by atoms with Crippen molar-refractivity contribution in [1.82, 2.24) is 0 Å². The standard InChI is InChI=1S/C13H18O3/c1-2-3-4-10-15-12-5-7-13(8-6-12)16-11-9-14/h2,5-8,14H,1,3-4,9-11H2. The van der Waals surface area contributed by atoms with Crippen LogP contribution >= 0.6 is 0 Å². The smallest absolute Gasteiger partial charge is 0.119 e. The second-order valence-corrected chi connectivity index (χ2v) is 3.32. The Kier molecular flexibility index (Phi) is 6.11. The predicted octanol–water partition coefficient (Wildman–Crippen LogP) is 2.40. The Balaban J connectivity index is 2.30. The molecule has 1 N–H and O–H groups in total. The molecule has 88 valence electrons. The number of rotatable bonds is 8. The van der Waals surface area contributed by atoms with Crippen LogP contribution in [0.15, 0.2) is 36.9 Å². The summed E-state index contributed by atoms with van der Waals surface area (Å²) < 4.78 is 10.7. The summed E-state index contributed by atoms with van der Waals surface area (Å²) in [5.41, 5.74) is 0. The maximum atomic E-state index is 8.59. The predicted molar refractivity (Wildman–Crippen MR) is 63.9 cm³/mol. The van der Waals surface area contributed by atoms with Gasteiger partial charge < -0.3 is 14.6 Å². The summed E-state index contributed by atoms with van der Waals surface area (Å²) >= 11 is 0. The van der Waals surface area contributed by atoms with E-state index in [4.69, 9.17) is 14.6 Å². The quantitative estimate of drug-likeness (QED) is 0.542. The minimum atomic E-state index is 0.0276. The van der Waals surface area contributed by atoms with Gasteiger partial charge >= 0.3 is 0 Å². The highest BCUT2D eigenvalue weighted by atomic mass is 16.5. The van der Waals surface area contributed by atoms with Crippen molar-refractivity contribution in [2.45, 2.75) is 12.8 Å². The highest BCUT2D eigenvalue weighted by Crippen LogP contribution is 2.17. The molecule has 0 bridgehead atoms. The van der Waals surface area contributed by atoms with Gasteiger partial charge in [-0.25, -0.2) is 0 Å². The van der Waals surface area contributed by atoms with E-state index in [9.17, 15) is 0 Å². The van der Waals surface area contributed by atoms with E-state index < -0.39 is 0 Å². The molecule has 16 heavy (non-hydrogen) atoms. The van der Waals surface area contributed by atoms with Gasteiger partial charge in [-0.05, 0) is 37.1 Å². The SMILES string of the molecule is C=CCCCOc1ccc(OCCO)cc1. The van der Waals surface area contributed by atoms with Crippen LogP contribution in [-0.4, -0.2) is 24.9 Å². The summed E-state index contributed by atoms with van der Waals surface area (Å²) in [7, 11) is 0. The molecule has 0 amide bonds. The molecule has 0 saturated carbocycles. The van der Waals surface area contributed by atoms with Crippen LogP contribution in [0.4, 0.5) is 0 Å². The normalized spacial score (nSPS) is 9.81. The van der Waals surface area contributed by atoms with E-state index in [-0.39, 0.29) is 6.61 Å². The molecule has 0 aliphatic rings. The van der Waals surface area contributed by atoms with Crippen LogP contribution in [0.25, 0.3) is 0 Å². The van der Waals surface area contributed by atoms with E-state index in [1.165, 1.54) is 0 Å². The molecular weight excluding hydrogens is 204 g/mol. The lowest BCUT2D eigenvalue weighted by Crippen LogP contribution is -2.01. The molecule has 0 aromatic heterocycles. The minimum Gasteiger partial charge on any atom is -0.494 e. The number of benzene rings is 1. The van der Waals surface area contributed by atoms with E-state index in [1.54, 1.807) is 0 Å². The van der Waals surface area contributed by atoms with Crippen LogP contribution < -0.4 is 9.47 Å². The van der Waals surface area contributed by atoms with Gasteiger partial charge in [-0.3, -0.25) is 0 Å². The van der Waals surface area contributed by atoms with Crippen LogP contribution in [0.2, 0.25) is 0 Å². The first-order valence-electron chi connectivity index (χ1n) is 5.44. The van der Waals surface area contributed by atoms with Gasteiger partial charge in [0.2, 0.25) is 0 Å². The Labute approximate surface area is 96.3 Å². The number of ether oxygens (including phenoxy) is 2. The number of aliphatic hydroxyl groups excluding tert-OH is 1. The number of hydrogen-bond donors (Lipinski definition) is 1. The van der Waals surface area contributed by atoms with Crippen LogP contribution in [0.5, 0.6) is 11.5 Å². The molecule has 0 fully saturated rings. The molecule has 1 aromatic carbocycles. The summed E-state index contributed by atoms with van der Waals surface area (Å²) in [5.74, 6) is 1.58. The zero-order chi connectivity index (χ0) is 11.6. The van der Waals surface area contributed by atoms with Gasteiger partial charge in [-0.1, -0.05) is 6.08 Å². The Hall–Kier alpha value is -1.48. The average Bonchev–Trinajstić information content (AvgIpc) is 2.33. The third kappa shape index (κ3) is 4.84. The van der Waals surface area contributed by atoms with Crippen molar-refractivity contribution in [2.24, 2.45) is 0 Å². The van der Waals surface area contributed by atoms with Crippen LogP contribution in [0, 0.1) is 0 Å². The lowest BCUT2D eigenvalue weighted by molar-refractivity contribution is 0.201. The summed E-state index contributed by atoms with van der Waals surface area (Å²) in [5, 5.41) is 8.59. The van der Waals surface area contributed by atoms with Gasteiger partial charge in [-0.15, -0.1) is 6.58 Å². The molecule has 0 heterocycles. The van der Waals surface area contributed by atoms with Crippen LogP contribution in [0.1, 0.15) is 12.8 Å². The lowest BCUT2D eigenvalue weighted by atomic mass is 10.3. The molecule has 3 heteroatoms. The maximum Gasteiger partial charge on any atom is 0.119 e. The highest BCUT2D eigenvalue weighted by Gasteiger charge is 1.95. The van der Waals surface area contributed by atoms with Crippen molar-refractivity contribution < 1.29 is 14.6 Å². The number of unbranched alkanes of at least 4 members (excludes halogenated alkanes) is 1. The molecular formula is C13H18O3. The first kappa shape index (κ1) is 12.6. The zero-order valence-electron chi connectivity index (χ0n) is 9.39. The Bertz CT molecular complexity index is 293. The van der Waals surface area contributed by atoms with Gasteiger partial charge in [0.1, 0.15) is 18.1 Å². The summed E-state index contributed by atoms with van der Waals surface area (Å²) in [4.78, 5) is 0. The lowest BCUT2D eigenvalue weighted by Gasteiger charge is -2.07. The minimum absolute atomic E-state index is 0.0276. The summed E-state index contributed by atoms with van der Waals surface area (Å²) in [6.07, 6.45) is 3.83. The molecule has 0 spiro atoms. The first-order chi connectivity index (χ1) is 7.86. The number of hydrogen-bond acceptors (Lipinski definition) is 3. The number of allylic oxidation sites excluding steroid dienone is 1. The second-order valence-electron chi connectivity index (χ2n) is 3.32. The molecule has 0 unspecified atom stereocenters. The topological polar surface area (TPSA) is 38.7 Å². The summed E-state index contributed by atoms with van der Waals surface area (Å²) in [6, 6.07) is 7.39. The molecule has 1 aromatic rings. The van der Waals surface area contributed by atoms with E-state index in [1.807, 2.05) is 30.3 Å². The molecule has 0 radical (unpaired) electrons. The van der Waals surface area contributed by atoms with Crippen molar-refractivity contribution in [3.05, 3.63) is 36.9 Å². The van der Waals surface area contributed by atoms with Crippen molar-refractivity contribution >= 4 is 0 Å². The summed E-state index contributed by atoms with van der Waals surface area (Å²) in [6.45, 7) is 4.70. The first-order valence-corrected chi connectivity index (χ1v) is 5.44. The van der Waals surface area contributed by atoms with E-state index in [0.29, 0.717) is 13.2 Å². The highest BCUT2D eigenvalue weighted by molar-refractivity contribution is 5.31. The van der Waals surface area contributed by atoms with Gasteiger partial charge in [0.25, 0.3) is 0 Å². The second kappa shape index (κ2) is 7.77. The monoisotopic (exact) mass is 222 g/mol. The van der Waals surface area contributed by atoms with Crippen molar-refractivity contribution in [1.29, 1.82) is 0 Å². The Morgan fingerprint density at radius 1 is 1.06 bits per heavy atom. The fourth-order valence-corrected chi connectivity index (χ4v) is 1.21. The van der Waals surface area contributed by atoms with Crippen molar-refractivity contribution in [3.8, 4) is 11.5 Å². The van der Waals surface area contributed by atoms with E-state index in [0.717, 1.165) is 24.3 Å². The molecule has 0 saturated heterocycles. The Morgan fingerprint density at radius 2 is 1.62 bits per heavy atom. The molecule has 0 atom stereocenters. The van der Waals surface area contributed by atoms with Gasteiger partial charge in [0.15, 0.2) is 0 Å². The van der Waals surface area contributed by atoms with Gasteiger partial charge in [0, 0.05) is 0 Å². The fourth-order valence-electron chi connectivity index (χ4n) is 1.21. The third-order valence-corrected chi connectivity index (χ3v) is 2.01. The Morgan fingerprint density at radius 3 is 2.12 bits per heavy atom. The van der Waals surface area contributed by atoms with E-state index >= 15 is 0 Å². The third-order valence-electron chi connectivity index (χ3n) is 2.01. The molecule has 0 aliphatic carbocycles. The fraction of sp³-hybridized carbons (Fsp3) is 0.385. The van der Waals surface area contributed by atoms with E-state index in [2.05, 4.69) is 6.58 Å². The van der Waals surface area contributed by atoms with Crippen molar-refractivity contribution in [2.75, 3.05) is 19.8 Å². The number of aliphatic hydroxyl groups is 1. The van der Waals surface area contributed by atoms with Crippen LogP contribution in [0.3, 0.4) is 0 Å². The molecule has 0 aliphatic heterocycles.